The average molecular weight is 251 g/mol. The van der Waals surface area contributed by atoms with E-state index in [0.29, 0.717) is 10.8 Å². The fraction of sp³-hybridized carbons (Fsp3) is 0.571. The first-order valence-electron chi connectivity index (χ1n) is 6.13. The van der Waals surface area contributed by atoms with Gasteiger partial charge in [-0.25, -0.2) is 0 Å². The van der Waals surface area contributed by atoms with Crippen LogP contribution in [0.2, 0.25) is 0 Å². The molecular weight excluding hydrogens is 230 g/mol. The molecule has 1 aliphatic rings. The molecule has 3 heteroatoms. The van der Waals surface area contributed by atoms with Crippen molar-refractivity contribution in [2.75, 3.05) is 18.9 Å². The lowest BCUT2D eigenvalue weighted by Crippen LogP contribution is -2.50. The van der Waals surface area contributed by atoms with Crippen molar-refractivity contribution in [2.45, 2.75) is 31.2 Å². The minimum Gasteiger partial charge on any atom is -0.395 e. The molecule has 0 amide bonds. The zero-order chi connectivity index (χ0) is 12.3. The zero-order valence-electron chi connectivity index (χ0n) is 10.6. The Morgan fingerprint density at radius 1 is 1.35 bits per heavy atom. The lowest BCUT2D eigenvalue weighted by molar-refractivity contribution is 0.116. The molecule has 1 N–H and O–H groups in total. The van der Waals surface area contributed by atoms with Gasteiger partial charge >= 0.3 is 0 Å². The molecule has 1 aromatic carbocycles. The molecule has 1 saturated heterocycles. The van der Waals surface area contributed by atoms with Gasteiger partial charge in [0.15, 0.2) is 0 Å². The summed E-state index contributed by atoms with van der Waals surface area (Å²) < 4.78 is 0.292. The maximum absolute atomic E-state index is 9.45. The number of aliphatic hydroxyl groups is 1. The van der Waals surface area contributed by atoms with Crippen LogP contribution in [0.1, 0.15) is 19.4 Å². The summed E-state index contributed by atoms with van der Waals surface area (Å²) in [7, 11) is 0. The second kappa shape index (κ2) is 5.42. The normalized spacial score (nSPS) is 24.8. The first kappa shape index (κ1) is 12.9. The average Bonchev–Trinajstić information content (AvgIpc) is 2.30. The molecule has 1 aliphatic heterocycles. The van der Waals surface area contributed by atoms with Crippen LogP contribution in [0.5, 0.6) is 0 Å². The molecule has 0 saturated carbocycles. The van der Waals surface area contributed by atoms with E-state index in [1.807, 2.05) is 17.8 Å². The van der Waals surface area contributed by atoms with Crippen LogP contribution in [0.25, 0.3) is 0 Å². The second-order valence-electron chi connectivity index (χ2n) is 5.30. The van der Waals surface area contributed by atoms with Gasteiger partial charge in [-0.05, 0) is 19.4 Å². The summed E-state index contributed by atoms with van der Waals surface area (Å²) in [6.45, 7) is 6.80. The van der Waals surface area contributed by atoms with Gasteiger partial charge in [-0.2, -0.15) is 11.8 Å². The third kappa shape index (κ3) is 3.47. The molecule has 1 atom stereocenters. The Balaban J connectivity index is 2.06. The Morgan fingerprint density at radius 3 is 2.71 bits per heavy atom. The summed E-state index contributed by atoms with van der Waals surface area (Å²) in [5.41, 5.74) is 1.33. The Morgan fingerprint density at radius 2 is 2.06 bits per heavy atom. The fourth-order valence-electron chi connectivity index (χ4n) is 2.26. The van der Waals surface area contributed by atoms with Crippen LogP contribution in [0.4, 0.5) is 0 Å². The lowest BCUT2D eigenvalue weighted by Gasteiger charge is -2.42. The summed E-state index contributed by atoms with van der Waals surface area (Å²) in [6.07, 6.45) is 0. The van der Waals surface area contributed by atoms with Crippen LogP contribution in [0, 0.1) is 0 Å². The third-order valence-electron chi connectivity index (χ3n) is 3.21. The second-order valence-corrected chi connectivity index (χ2v) is 7.02. The van der Waals surface area contributed by atoms with Crippen LogP contribution in [0.15, 0.2) is 30.3 Å². The van der Waals surface area contributed by atoms with E-state index in [1.165, 1.54) is 5.56 Å². The maximum atomic E-state index is 9.45. The highest BCUT2D eigenvalue weighted by Gasteiger charge is 2.32. The number of benzene rings is 1. The number of thioether (sulfide) groups is 1. The Bertz CT molecular complexity index is 352. The van der Waals surface area contributed by atoms with Crippen LogP contribution in [0.3, 0.4) is 0 Å². The monoisotopic (exact) mass is 251 g/mol. The predicted molar refractivity (Wildman–Crippen MR) is 74.3 cm³/mol. The first-order chi connectivity index (χ1) is 8.11. The van der Waals surface area contributed by atoms with E-state index in [-0.39, 0.29) is 6.61 Å². The molecule has 1 unspecified atom stereocenters. The van der Waals surface area contributed by atoms with E-state index in [2.05, 4.69) is 43.0 Å². The van der Waals surface area contributed by atoms with Gasteiger partial charge in [-0.15, -0.1) is 0 Å². The van der Waals surface area contributed by atoms with Gasteiger partial charge in [0.25, 0.3) is 0 Å². The number of nitrogens with zero attached hydrogens (tertiary/aromatic N) is 1. The van der Waals surface area contributed by atoms with Crippen LogP contribution in [-0.4, -0.2) is 39.7 Å². The molecule has 2 nitrogen and oxygen atoms in total. The first-order valence-corrected chi connectivity index (χ1v) is 7.12. The van der Waals surface area contributed by atoms with Crippen molar-refractivity contribution in [3.05, 3.63) is 35.9 Å². The maximum Gasteiger partial charge on any atom is 0.0595 e. The van der Waals surface area contributed by atoms with E-state index in [1.54, 1.807) is 0 Å². The van der Waals surface area contributed by atoms with Gasteiger partial charge in [0.2, 0.25) is 0 Å². The van der Waals surface area contributed by atoms with Gasteiger partial charge in [-0.1, -0.05) is 30.3 Å². The zero-order valence-corrected chi connectivity index (χ0v) is 11.4. The highest BCUT2D eigenvalue weighted by Crippen LogP contribution is 2.33. The van der Waals surface area contributed by atoms with Crippen molar-refractivity contribution in [3.8, 4) is 0 Å². The highest BCUT2D eigenvalue weighted by molar-refractivity contribution is 8.00. The van der Waals surface area contributed by atoms with E-state index in [4.69, 9.17) is 0 Å². The Kier molecular flexibility index (Phi) is 4.13. The minimum absolute atomic E-state index is 0.260. The highest BCUT2D eigenvalue weighted by atomic mass is 32.2. The van der Waals surface area contributed by atoms with Crippen molar-refractivity contribution >= 4 is 11.8 Å². The Labute approximate surface area is 108 Å². The largest absolute Gasteiger partial charge is 0.395 e. The molecule has 0 aliphatic carbocycles. The molecule has 17 heavy (non-hydrogen) atoms. The fourth-order valence-corrected chi connectivity index (χ4v) is 3.48. The molecule has 0 bridgehead atoms. The third-order valence-corrected chi connectivity index (χ3v) is 4.67. The molecule has 2 rings (SSSR count). The van der Waals surface area contributed by atoms with Gasteiger partial charge in [0, 0.05) is 29.6 Å². The molecule has 0 spiro atoms. The molecule has 1 fully saturated rings. The molecular formula is C14H21NOS. The Hall–Kier alpha value is -0.510. The van der Waals surface area contributed by atoms with Gasteiger partial charge in [-0.3, -0.25) is 4.90 Å². The van der Waals surface area contributed by atoms with Crippen LogP contribution < -0.4 is 0 Å². The smallest absolute Gasteiger partial charge is 0.0595 e. The topological polar surface area (TPSA) is 23.5 Å². The van der Waals surface area contributed by atoms with E-state index >= 15 is 0 Å². The summed E-state index contributed by atoms with van der Waals surface area (Å²) in [6, 6.07) is 10.8. The van der Waals surface area contributed by atoms with E-state index in [9.17, 15) is 5.11 Å². The van der Waals surface area contributed by atoms with Crippen molar-refractivity contribution < 1.29 is 5.11 Å². The van der Waals surface area contributed by atoms with E-state index < -0.39 is 0 Å². The van der Waals surface area contributed by atoms with Crippen molar-refractivity contribution in [2.24, 2.45) is 0 Å². The molecule has 1 heterocycles. The molecule has 0 aromatic heterocycles. The molecule has 1 aromatic rings. The van der Waals surface area contributed by atoms with Crippen molar-refractivity contribution in [1.29, 1.82) is 0 Å². The van der Waals surface area contributed by atoms with Crippen molar-refractivity contribution in [3.63, 3.8) is 0 Å². The molecule has 0 radical (unpaired) electrons. The number of aliphatic hydroxyl groups excluding tert-OH is 1. The minimum atomic E-state index is 0.260. The quantitative estimate of drug-likeness (QED) is 0.892. The van der Waals surface area contributed by atoms with Gasteiger partial charge in [0.1, 0.15) is 0 Å². The van der Waals surface area contributed by atoms with Crippen LogP contribution in [-0.2, 0) is 6.54 Å². The lowest BCUT2D eigenvalue weighted by atomic mass is 10.1. The standard InChI is InChI=1S/C14H21NOS/c1-14(2)11-15(13(9-16)10-17-14)8-12-6-4-3-5-7-12/h3-7,13,16H,8-11H2,1-2H3. The summed E-state index contributed by atoms with van der Waals surface area (Å²) >= 11 is 1.97. The van der Waals surface area contributed by atoms with Gasteiger partial charge < -0.3 is 5.11 Å². The number of hydrogen-bond acceptors (Lipinski definition) is 3. The van der Waals surface area contributed by atoms with Gasteiger partial charge in [0.05, 0.1) is 6.61 Å². The number of hydrogen-bond donors (Lipinski definition) is 1. The summed E-state index contributed by atoms with van der Waals surface area (Å²) in [5.74, 6) is 1.02. The molecule has 94 valence electrons. The summed E-state index contributed by atoms with van der Waals surface area (Å²) in [4.78, 5) is 2.41. The van der Waals surface area contributed by atoms with E-state index in [0.717, 1.165) is 18.8 Å². The van der Waals surface area contributed by atoms with Crippen molar-refractivity contribution in [1.82, 2.24) is 4.90 Å². The summed E-state index contributed by atoms with van der Waals surface area (Å²) in [5, 5.41) is 9.45. The SMILES string of the molecule is CC1(C)CN(Cc2ccccc2)C(CO)CS1. The van der Waals surface area contributed by atoms with Crippen LogP contribution >= 0.6 is 11.8 Å². The predicted octanol–water partition coefficient (Wildman–Crippen LogP) is 2.37. The number of rotatable bonds is 3.